The number of primary amides is 1. The second-order valence-corrected chi connectivity index (χ2v) is 4.56. The second-order valence-electron chi connectivity index (χ2n) is 3.46. The van der Waals surface area contributed by atoms with Gasteiger partial charge in [-0.1, -0.05) is 32.6 Å². The van der Waals surface area contributed by atoms with E-state index in [1.54, 1.807) is 0 Å². The summed E-state index contributed by atoms with van der Waals surface area (Å²) < 4.78 is 30.7. The maximum absolute atomic E-state index is 10.3. The van der Waals surface area contributed by atoms with Crippen molar-refractivity contribution in [1.82, 2.24) is 0 Å². The lowest BCUT2D eigenvalue weighted by Crippen LogP contribution is -2.09. The van der Waals surface area contributed by atoms with E-state index in [-0.39, 0.29) is 12.5 Å². The molecular formula is C10H23NO5S. The molecule has 0 saturated heterocycles. The molecule has 0 saturated carbocycles. The number of unbranched alkanes of at least 4 members (excludes halogenated alkanes) is 4. The summed E-state index contributed by atoms with van der Waals surface area (Å²) in [7, 11) is -4.17. The normalized spacial score (nSPS) is 10.5. The van der Waals surface area contributed by atoms with E-state index >= 15 is 0 Å². The molecule has 0 spiro atoms. The Bertz CT molecular complexity index is 276. The molecule has 1 amide bonds. The Morgan fingerprint density at radius 1 is 1.18 bits per heavy atom. The Hall–Kier alpha value is -0.660. The van der Waals surface area contributed by atoms with Crippen LogP contribution in [0.5, 0.6) is 0 Å². The van der Waals surface area contributed by atoms with E-state index in [1.165, 1.54) is 26.2 Å². The summed E-state index contributed by atoms with van der Waals surface area (Å²) >= 11 is 0. The zero-order chi connectivity index (χ0) is 13.7. The minimum absolute atomic E-state index is 0.0289. The van der Waals surface area contributed by atoms with Crippen molar-refractivity contribution in [1.29, 1.82) is 0 Å². The van der Waals surface area contributed by atoms with Crippen molar-refractivity contribution >= 4 is 16.3 Å². The van der Waals surface area contributed by atoms with E-state index < -0.39 is 10.4 Å². The third-order valence-electron chi connectivity index (χ3n) is 1.79. The summed E-state index contributed by atoms with van der Waals surface area (Å²) in [5.74, 6) is -0.170. The van der Waals surface area contributed by atoms with Crippen LogP contribution >= 0.6 is 0 Å². The molecular weight excluding hydrogens is 246 g/mol. The van der Waals surface area contributed by atoms with Gasteiger partial charge in [-0.05, 0) is 13.3 Å². The Morgan fingerprint density at radius 3 is 2.00 bits per heavy atom. The van der Waals surface area contributed by atoms with E-state index in [0.717, 1.165) is 12.8 Å². The molecule has 0 radical (unpaired) electrons. The molecule has 0 rings (SSSR count). The summed E-state index contributed by atoms with van der Waals surface area (Å²) in [6, 6.07) is 0. The number of nitrogens with two attached hydrogens (primary N) is 1. The Labute approximate surface area is 103 Å². The van der Waals surface area contributed by atoms with Crippen LogP contribution in [-0.4, -0.2) is 25.5 Å². The average molecular weight is 269 g/mol. The highest BCUT2D eigenvalue weighted by Crippen LogP contribution is 2.03. The predicted molar refractivity (Wildman–Crippen MR) is 65.7 cm³/mol. The monoisotopic (exact) mass is 269 g/mol. The minimum atomic E-state index is -4.17. The SMILES string of the molecule is CCCCCCCC(N)=O.CCOS(=O)(=O)O. The van der Waals surface area contributed by atoms with Gasteiger partial charge in [0.15, 0.2) is 0 Å². The molecule has 0 aromatic carbocycles. The van der Waals surface area contributed by atoms with Crippen LogP contribution in [0.2, 0.25) is 0 Å². The number of hydrogen-bond acceptors (Lipinski definition) is 4. The molecule has 0 atom stereocenters. The molecule has 0 fully saturated rings. The van der Waals surface area contributed by atoms with Crippen LogP contribution in [0, 0.1) is 0 Å². The van der Waals surface area contributed by atoms with Gasteiger partial charge in [0, 0.05) is 6.42 Å². The molecule has 0 unspecified atom stereocenters. The van der Waals surface area contributed by atoms with Crippen LogP contribution in [0.15, 0.2) is 0 Å². The van der Waals surface area contributed by atoms with Crippen molar-refractivity contribution in [2.75, 3.05) is 6.61 Å². The molecule has 0 aliphatic heterocycles. The Kier molecular flexibility index (Phi) is 13.0. The topological polar surface area (TPSA) is 107 Å². The molecule has 0 aromatic rings. The highest BCUT2D eigenvalue weighted by molar-refractivity contribution is 7.80. The van der Waals surface area contributed by atoms with Crippen molar-refractivity contribution < 1.29 is 21.9 Å². The number of hydrogen-bond donors (Lipinski definition) is 2. The first kappa shape index (κ1) is 18.7. The van der Waals surface area contributed by atoms with Gasteiger partial charge >= 0.3 is 10.4 Å². The van der Waals surface area contributed by atoms with E-state index in [2.05, 4.69) is 11.1 Å². The fraction of sp³-hybridized carbons (Fsp3) is 0.900. The summed E-state index contributed by atoms with van der Waals surface area (Å²) in [4.78, 5) is 10.3. The van der Waals surface area contributed by atoms with Crippen LogP contribution in [0.1, 0.15) is 52.4 Å². The van der Waals surface area contributed by atoms with Crippen molar-refractivity contribution in [2.45, 2.75) is 52.4 Å². The van der Waals surface area contributed by atoms with Crippen molar-refractivity contribution in [2.24, 2.45) is 5.73 Å². The van der Waals surface area contributed by atoms with Gasteiger partial charge in [-0.25, -0.2) is 4.18 Å². The van der Waals surface area contributed by atoms with Crippen molar-refractivity contribution in [3.63, 3.8) is 0 Å². The lowest BCUT2D eigenvalue weighted by atomic mass is 10.1. The lowest BCUT2D eigenvalue weighted by molar-refractivity contribution is -0.118. The minimum Gasteiger partial charge on any atom is -0.370 e. The number of carbonyl (C=O) groups is 1. The van der Waals surface area contributed by atoms with E-state index in [1.807, 2.05) is 0 Å². The van der Waals surface area contributed by atoms with Gasteiger partial charge in [-0.3, -0.25) is 9.35 Å². The van der Waals surface area contributed by atoms with Gasteiger partial charge in [0.1, 0.15) is 0 Å². The van der Waals surface area contributed by atoms with E-state index in [4.69, 9.17) is 10.3 Å². The van der Waals surface area contributed by atoms with Crippen LogP contribution in [0.25, 0.3) is 0 Å². The second kappa shape index (κ2) is 11.8. The number of carbonyl (C=O) groups excluding carboxylic acids is 1. The average Bonchev–Trinajstić information content (AvgIpc) is 2.16. The van der Waals surface area contributed by atoms with Gasteiger partial charge < -0.3 is 5.73 Å². The summed E-state index contributed by atoms with van der Waals surface area (Å²) in [5, 5.41) is 0. The molecule has 6 nitrogen and oxygen atoms in total. The van der Waals surface area contributed by atoms with Gasteiger partial charge in [-0.15, -0.1) is 0 Å². The molecule has 104 valence electrons. The summed E-state index contributed by atoms with van der Waals surface area (Å²) in [5.41, 5.74) is 4.97. The first-order valence-corrected chi connectivity index (χ1v) is 7.10. The smallest absolute Gasteiger partial charge is 0.370 e. The van der Waals surface area contributed by atoms with Gasteiger partial charge in [0.2, 0.25) is 5.91 Å². The largest absolute Gasteiger partial charge is 0.397 e. The molecule has 7 heteroatoms. The molecule has 0 aliphatic carbocycles. The fourth-order valence-corrected chi connectivity index (χ4v) is 1.35. The van der Waals surface area contributed by atoms with Crippen molar-refractivity contribution in [3.05, 3.63) is 0 Å². The highest BCUT2D eigenvalue weighted by Gasteiger charge is 1.98. The Morgan fingerprint density at radius 2 is 1.71 bits per heavy atom. The number of rotatable bonds is 8. The first-order chi connectivity index (χ1) is 7.83. The standard InChI is InChI=1S/C8H17NO.C2H6O4S/c1-2-3-4-5-6-7-8(9)10;1-2-6-7(3,4)5/h2-7H2,1H3,(H2,9,10);2H2,1H3,(H,3,4,5). The van der Waals surface area contributed by atoms with Crippen molar-refractivity contribution in [3.8, 4) is 0 Å². The maximum atomic E-state index is 10.3. The molecule has 0 heterocycles. The zero-order valence-electron chi connectivity index (χ0n) is 10.5. The molecule has 17 heavy (non-hydrogen) atoms. The van der Waals surface area contributed by atoms with E-state index in [9.17, 15) is 13.2 Å². The zero-order valence-corrected chi connectivity index (χ0v) is 11.3. The third-order valence-corrected chi connectivity index (χ3v) is 2.33. The molecule has 3 N–H and O–H groups in total. The number of amides is 1. The summed E-state index contributed by atoms with van der Waals surface area (Å²) in [6.45, 7) is 3.61. The molecule has 0 bridgehead atoms. The highest BCUT2D eigenvalue weighted by atomic mass is 32.3. The first-order valence-electron chi connectivity index (χ1n) is 5.73. The lowest BCUT2D eigenvalue weighted by Gasteiger charge is -1.95. The van der Waals surface area contributed by atoms with Gasteiger partial charge in [0.25, 0.3) is 0 Å². The summed E-state index contributed by atoms with van der Waals surface area (Å²) in [6.07, 6.45) is 6.44. The van der Waals surface area contributed by atoms with Gasteiger partial charge in [-0.2, -0.15) is 8.42 Å². The maximum Gasteiger partial charge on any atom is 0.397 e. The molecule has 0 aliphatic rings. The van der Waals surface area contributed by atoms with Crippen LogP contribution in [0.3, 0.4) is 0 Å². The van der Waals surface area contributed by atoms with Crippen LogP contribution in [-0.2, 0) is 19.4 Å². The van der Waals surface area contributed by atoms with E-state index in [0.29, 0.717) is 6.42 Å². The Balaban J connectivity index is 0. The third kappa shape index (κ3) is 25.5. The predicted octanol–water partition coefficient (Wildman–Crippen LogP) is 1.66. The quantitative estimate of drug-likeness (QED) is 0.514. The molecule has 0 aromatic heterocycles. The fourth-order valence-electron chi connectivity index (χ4n) is 1.05. The van der Waals surface area contributed by atoms with Crippen LogP contribution < -0.4 is 5.73 Å². The van der Waals surface area contributed by atoms with Gasteiger partial charge in [0.05, 0.1) is 6.61 Å². The van der Waals surface area contributed by atoms with Crippen LogP contribution in [0.4, 0.5) is 0 Å².